The van der Waals surface area contributed by atoms with Crippen LogP contribution in [0.25, 0.3) is 6.08 Å². The SMILES string of the molecule is COc1cc(/C=C/C(=O)N2CCN(C(=O)c3ccc(C(C)C)cc3)CC2)cc(OC)c1. The van der Waals surface area contributed by atoms with E-state index in [-0.39, 0.29) is 11.8 Å². The Kier molecular flexibility index (Phi) is 7.34. The van der Waals surface area contributed by atoms with Crippen LogP contribution in [0.15, 0.2) is 48.5 Å². The topological polar surface area (TPSA) is 59.1 Å². The van der Waals surface area contributed by atoms with Crippen LogP contribution in [0.2, 0.25) is 0 Å². The van der Waals surface area contributed by atoms with Crippen molar-refractivity contribution >= 4 is 17.9 Å². The summed E-state index contributed by atoms with van der Waals surface area (Å²) in [5, 5.41) is 0. The molecular formula is C25H30N2O4. The smallest absolute Gasteiger partial charge is 0.253 e. The summed E-state index contributed by atoms with van der Waals surface area (Å²) in [7, 11) is 3.18. The summed E-state index contributed by atoms with van der Waals surface area (Å²) in [4.78, 5) is 28.9. The zero-order chi connectivity index (χ0) is 22.4. The normalized spacial score (nSPS) is 14.2. The third-order valence-electron chi connectivity index (χ3n) is 5.49. The number of rotatable bonds is 6. The van der Waals surface area contributed by atoms with Crippen molar-refractivity contribution in [2.45, 2.75) is 19.8 Å². The molecule has 0 saturated carbocycles. The maximum atomic E-state index is 12.8. The molecule has 0 atom stereocenters. The summed E-state index contributed by atoms with van der Waals surface area (Å²) < 4.78 is 10.5. The lowest BCUT2D eigenvalue weighted by atomic mass is 10.0. The molecule has 2 aromatic rings. The number of piperazine rings is 1. The van der Waals surface area contributed by atoms with Crippen LogP contribution in [0, 0.1) is 0 Å². The molecule has 0 bridgehead atoms. The highest BCUT2D eigenvalue weighted by molar-refractivity contribution is 5.95. The molecule has 0 N–H and O–H groups in total. The molecule has 1 fully saturated rings. The van der Waals surface area contributed by atoms with E-state index in [4.69, 9.17) is 9.47 Å². The monoisotopic (exact) mass is 422 g/mol. The number of benzene rings is 2. The van der Waals surface area contributed by atoms with Crippen molar-refractivity contribution in [2.24, 2.45) is 0 Å². The molecule has 1 heterocycles. The van der Waals surface area contributed by atoms with Crippen molar-refractivity contribution in [3.8, 4) is 11.5 Å². The highest BCUT2D eigenvalue weighted by Crippen LogP contribution is 2.23. The molecule has 1 saturated heterocycles. The van der Waals surface area contributed by atoms with E-state index in [0.717, 1.165) is 5.56 Å². The predicted octanol–water partition coefficient (Wildman–Crippen LogP) is 3.83. The molecule has 0 aromatic heterocycles. The van der Waals surface area contributed by atoms with Crippen molar-refractivity contribution in [1.82, 2.24) is 9.80 Å². The second kappa shape index (κ2) is 10.2. The van der Waals surface area contributed by atoms with Crippen LogP contribution in [0.1, 0.15) is 41.3 Å². The Morgan fingerprint density at radius 1 is 0.871 bits per heavy atom. The van der Waals surface area contributed by atoms with Crippen molar-refractivity contribution in [1.29, 1.82) is 0 Å². The summed E-state index contributed by atoms with van der Waals surface area (Å²) >= 11 is 0. The quantitative estimate of drug-likeness (QED) is 0.664. The number of hydrogen-bond acceptors (Lipinski definition) is 4. The van der Waals surface area contributed by atoms with E-state index in [1.54, 1.807) is 37.3 Å². The van der Waals surface area contributed by atoms with Crippen LogP contribution in [0.3, 0.4) is 0 Å². The minimum atomic E-state index is -0.0739. The highest BCUT2D eigenvalue weighted by atomic mass is 16.5. The lowest BCUT2D eigenvalue weighted by molar-refractivity contribution is -0.127. The Bertz CT molecular complexity index is 920. The molecule has 0 unspecified atom stereocenters. The largest absolute Gasteiger partial charge is 0.497 e. The van der Waals surface area contributed by atoms with Crippen LogP contribution >= 0.6 is 0 Å². The minimum Gasteiger partial charge on any atom is -0.497 e. The van der Waals surface area contributed by atoms with Crippen molar-refractivity contribution in [3.05, 3.63) is 65.2 Å². The van der Waals surface area contributed by atoms with Crippen LogP contribution in [-0.2, 0) is 4.79 Å². The number of carbonyl (C=O) groups excluding carboxylic acids is 2. The minimum absolute atomic E-state index is 0.0152. The molecule has 0 radical (unpaired) electrons. The molecule has 0 aliphatic carbocycles. The molecule has 6 nitrogen and oxygen atoms in total. The average molecular weight is 423 g/mol. The third-order valence-corrected chi connectivity index (χ3v) is 5.49. The zero-order valence-electron chi connectivity index (χ0n) is 18.6. The van der Waals surface area contributed by atoms with Gasteiger partial charge in [-0.15, -0.1) is 0 Å². The molecule has 1 aliphatic heterocycles. The molecule has 3 rings (SSSR count). The van der Waals surface area contributed by atoms with Gasteiger partial charge in [0, 0.05) is 43.9 Å². The summed E-state index contributed by atoms with van der Waals surface area (Å²) in [5.41, 5.74) is 2.73. The molecule has 164 valence electrons. The van der Waals surface area contributed by atoms with Gasteiger partial charge in [0.1, 0.15) is 11.5 Å². The Morgan fingerprint density at radius 2 is 1.42 bits per heavy atom. The van der Waals surface area contributed by atoms with E-state index in [1.807, 2.05) is 41.3 Å². The average Bonchev–Trinajstić information content (AvgIpc) is 2.81. The predicted molar refractivity (Wildman–Crippen MR) is 122 cm³/mol. The summed E-state index contributed by atoms with van der Waals surface area (Å²) in [6.45, 7) is 6.34. The first-order valence-electron chi connectivity index (χ1n) is 10.5. The maximum Gasteiger partial charge on any atom is 0.253 e. The number of carbonyl (C=O) groups is 2. The first-order chi connectivity index (χ1) is 14.9. The van der Waals surface area contributed by atoms with Gasteiger partial charge in [0.05, 0.1) is 14.2 Å². The molecule has 2 amide bonds. The molecular weight excluding hydrogens is 392 g/mol. The highest BCUT2D eigenvalue weighted by Gasteiger charge is 2.24. The standard InChI is InChI=1S/C25H30N2O4/c1-18(2)20-6-8-21(9-7-20)25(29)27-13-11-26(12-14-27)24(28)10-5-19-15-22(30-3)17-23(16-19)31-4/h5-10,15-18H,11-14H2,1-4H3/b10-5+. The maximum absolute atomic E-state index is 12.8. The van der Waals surface area contributed by atoms with Crippen molar-refractivity contribution in [2.75, 3.05) is 40.4 Å². The van der Waals surface area contributed by atoms with Gasteiger partial charge in [-0.1, -0.05) is 26.0 Å². The number of ether oxygens (including phenoxy) is 2. The summed E-state index contributed by atoms with van der Waals surface area (Å²) in [5.74, 6) is 1.71. The first kappa shape index (κ1) is 22.4. The summed E-state index contributed by atoms with van der Waals surface area (Å²) in [6, 6.07) is 13.3. The second-order valence-electron chi connectivity index (χ2n) is 7.87. The Morgan fingerprint density at radius 3 is 1.94 bits per heavy atom. The Balaban J connectivity index is 1.57. The van der Waals surface area contributed by atoms with Gasteiger partial charge >= 0.3 is 0 Å². The van der Waals surface area contributed by atoms with Gasteiger partial charge in [0.2, 0.25) is 5.91 Å². The van der Waals surface area contributed by atoms with Gasteiger partial charge in [0.15, 0.2) is 0 Å². The zero-order valence-corrected chi connectivity index (χ0v) is 18.6. The number of hydrogen-bond donors (Lipinski definition) is 0. The molecule has 31 heavy (non-hydrogen) atoms. The molecule has 2 aromatic carbocycles. The van der Waals surface area contributed by atoms with E-state index in [1.165, 1.54) is 5.56 Å². The fraction of sp³-hybridized carbons (Fsp3) is 0.360. The van der Waals surface area contributed by atoms with E-state index in [2.05, 4.69) is 13.8 Å². The third kappa shape index (κ3) is 5.66. The van der Waals surface area contributed by atoms with Gasteiger partial charge in [-0.3, -0.25) is 9.59 Å². The van der Waals surface area contributed by atoms with Crippen molar-refractivity contribution < 1.29 is 19.1 Å². The van der Waals surface area contributed by atoms with Gasteiger partial charge < -0.3 is 19.3 Å². The van der Waals surface area contributed by atoms with Gasteiger partial charge in [-0.2, -0.15) is 0 Å². The van der Waals surface area contributed by atoms with Crippen LogP contribution < -0.4 is 9.47 Å². The van der Waals surface area contributed by atoms with E-state index >= 15 is 0 Å². The molecule has 0 spiro atoms. The first-order valence-corrected chi connectivity index (χ1v) is 10.5. The van der Waals surface area contributed by atoms with Crippen LogP contribution in [0.5, 0.6) is 11.5 Å². The lowest BCUT2D eigenvalue weighted by Crippen LogP contribution is -2.50. The Hall–Kier alpha value is -3.28. The van der Waals surface area contributed by atoms with E-state index in [9.17, 15) is 9.59 Å². The second-order valence-corrected chi connectivity index (χ2v) is 7.87. The molecule has 6 heteroatoms. The van der Waals surface area contributed by atoms with E-state index < -0.39 is 0 Å². The van der Waals surface area contributed by atoms with Gasteiger partial charge in [-0.05, 0) is 47.4 Å². The van der Waals surface area contributed by atoms with Gasteiger partial charge in [0.25, 0.3) is 5.91 Å². The van der Waals surface area contributed by atoms with E-state index in [0.29, 0.717) is 49.2 Å². The van der Waals surface area contributed by atoms with Gasteiger partial charge in [-0.25, -0.2) is 0 Å². The fourth-order valence-electron chi connectivity index (χ4n) is 3.52. The van der Waals surface area contributed by atoms with Crippen molar-refractivity contribution in [3.63, 3.8) is 0 Å². The lowest BCUT2D eigenvalue weighted by Gasteiger charge is -2.34. The fourth-order valence-corrected chi connectivity index (χ4v) is 3.52. The number of methoxy groups -OCH3 is 2. The summed E-state index contributed by atoms with van der Waals surface area (Å²) in [6.07, 6.45) is 3.30. The number of amides is 2. The number of nitrogens with zero attached hydrogens (tertiary/aromatic N) is 2. The van der Waals surface area contributed by atoms with Crippen LogP contribution in [0.4, 0.5) is 0 Å². The van der Waals surface area contributed by atoms with Crippen LogP contribution in [-0.4, -0.2) is 62.0 Å². The Labute approximate surface area is 184 Å². The molecule has 1 aliphatic rings.